The lowest BCUT2D eigenvalue weighted by molar-refractivity contribution is 0.159. The van der Waals surface area contributed by atoms with Crippen LogP contribution in [0.15, 0.2) is 24.3 Å². The molecule has 1 aliphatic rings. The summed E-state index contributed by atoms with van der Waals surface area (Å²) in [6, 6.07) is 7.81. The minimum Gasteiger partial charge on any atom is -0.359 e. The quantitative estimate of drug-likeness (QED) is 0.666. The van der Waals surface area contributed by atoms with Crippen LogP contribution in [0.4, 0.5) is 10.5 Å². The van der Waals surface area contributed by atoms with Crippen LogP contribution in [0, 0.1) is 13.8 Å². The SMILES string of the molecule is Cc1cc2cc(NC(=O)N3CCCC[C@@H]3c3n[nH]c(C)n3)ccc2[nH]1. The number of aromatic nitrogens is 4. The van der Waals surface area contributed by atoms with Crippen LogP contribution in [0.1, 0.15) is 42.6 Å². The molecule has 4 rings (SSSR count). The molecule has 0 aliphatic carbocycles. The van der Waals surface area contributed by atoms with Crippen molar-refractivity contribution in [3.05, 3.63) is 41.6 Å². The van der Waals surface area contributed by atoms with E-state index in [0.717, 1.165) is 53.9 Å². The Kier molecular flexibility index (Phi) is 3.91. The minimum atomic E-state index is -0.0984. The highest BCUT2D eigenvalue weighted by Crippen LogP contribution is 2.29. The van der Waals surface area contributed by atoms with Crippen molar-refractivity contribution in [2.24, 2.45) is 0 Å². The van der Waals surface area contributed by atoms with Gasteiger partial charge in [0.25, 0.3) is 0 Å². The molecule has 1 atom stereocenters. The molecule has 1 aliphatic heterocycles. The Morgan fingerprint density at radius 2 is 2.16 bits per heavy atom. The monoisotopic (exact) mass is 338 g/mol. The van der Waals surface area contributed by atoms with E-state index in [9.17, 15) is 4.79 Å². The Bertz CT molecular complexity index is 911. The number of aromatic amines is 2. The highest BCUT2D eigenvalue weighted by atomic mass is 16.2. The molecule has 130 valence electrons. The third kappa shape index (κ3) is 3.09. The van der Waals surface area contributed by atoms with Crippen LogP contribution in [0.2, 0.25) is 0 Å². The number of fused-ring (bicyclic) bond motifs is 1. The molecule has 7 nitrogen and oxygen atoms in total. The van der Waals surface area contributed by atoms with Gasteiger partial charge in [0.15, 0.2) is 5.82 Å². The standard InChI is InChI=1S/C18H22N6O/c1-11-9-13-10-14(6-7-15(13)19-11)21-18(25)24-8-4-3-5-16(24)17-20-12(2)22-23-17/h6-7,9-10,16,19H,3-5,8H2,1-2H3,(H,21,25)(H,20,22,23)/t16-/m1/s1. The van der Waals surface area contributed by atoms with Crippen LogP contribution in [0.3, 0.4) is 0 Å². The second-order valence-electron chi connectivity index (χ2n) is 6.67. The number of benzene rings is 1. The summed E-state index contributed by atoms with van der Waals surface area (Å²) in [5, 5.41) is 11.3. The molecule has 1 saturated heterocycles. The third-order valence-electron chi connectivity index (χ3n) is 4.68. The Morgan fingerprint density at radius 3 is 2.96 bits per heavy atom. The average Bonchev–Trinajstić information content (AvgIpc) is 3.19. The molecule has 2 aromatic heterocycles. The molecule has 3 N–H and O–H groups in total. The Morgan fingerprint density at radius 1 is 1.28 bits per heavy atom. The number of urea groups is 1. The van der Waals surface area contributed by atoms with Crippen molar-refractivity contribution in [3.63, 3.8) is 0 Å². The fraction of sp³-hybridized carbons (Fsp3) is 0.389. The smallest absolute Gasteiger partial charge is 0.322 e. The maximum absolute atomic E-state index is 12.8. The molecule has 1 fully saturated rings. The van der Waals surface area contributed by atoms with Gasteiger partial charge in [-0.1, -0.05) is 0 Å². The van der Waals surface area contributed by atoms with E-state index in [4.69, 9.17) is 0 Å². The summed E-state index contributed by atoms with van der Waals surface area (Å²) in [6.45, 7) is 4.61. The number of aryl methyl sites for hydroxylation is 2. The third-order valence-corrected chi connectivity index (χ3v) is 4.68. The zero-order valence-electron chi connectivity index (χ0n) is 14.5. The first kappa shape index (κ1) is 15.7. The number of carbonyl (C=O) groups is 1. The summed E-state index contributed by atoms with van der Waals surface area (Å²) >= 11 is 0. The largest absolute Gasteiger partial charge is 0.359 e. The molecule has 2 amide bonds. The van der Waals surface area contributed by atoms with E-state index in [1.807, 2.05) is 36.9 Å². The second kappa shape index (κ2) is 6.23. The van der Waals surface area contributed by atoms with Crippen molar-refractivity contribution in [2.45, 2.75) is 39.2 Å². The summed E-state index contributed by atoms with van der Waals surface area (Å²) in [7, 11) is 0. The molecular weight excluding hydrogens is 316 g/mol. The van der Waals surface area contributed by atoms with E-state index in [1.165, 1.54) is 0 Å². The number of nitrogens with zero attached hydrogens (tertiary/aromatic N) is 3. The van der Waals surface area contributed by atoms with Gasteiger partial charge in [0.1, 0.15) is 5.82 Å². The van der Waals surface area contributed by atoms with Crippen molar-refractivity contribution in [1.82, 2.24) is 25.1 Å². The molecule has 25 heavy (non-hydrogen) atoms. The van der Waals surface area contributed by atoms with Crippen molar-refractivity contribution < 1.29 is 4.79 Å². The number of nitrogens with one attached hydrogen (secondary N) is 3. The molecule has 0 saturated carbocycles. The van der Waals surface area contributed by atoms with Gasteiger partial charge < -0.3 is 15.2 Å². The number of hydrogen-bond acceptors (Lipinski definition) is 3. The molecule has 3 aromatic rings. The van der Waals surface area contributed by atoms with E-state index in [-0.39, 0.29) is 12.1 Å². The first-order chi connectivity index (χ1) is 12.1. The first-order valence-corrected chi connectivity index (χ1v) is 8.66. The lowest BCUT2D eigenvalue weighted by Crippen LogP contribution is -2.41. The Balaban J connectivity index is 1.55. The molecular formula is C18H22N6O. The van der Waals surface area contributed by atoms with E-state index in [1.54, 1.807) is 0 Å². The predicted molar refractivity (Wildman–Crippen MR) is 96.5 cm³/mol. The van der Waals surface area contributed by atoms with Gasteiger partial charge in [-0.25, -0.2) is 9.78 Å². The lowest BCUT2D eigenvalue weighted by Gasteiger charge is -2.34. The number of piperidine rings is 1. The molecule has 0 spiro atoms. The highest BCUT2D eigenvalue weighted by molar-refractivity contribution is 5.93. The molecule has 0 unspecified atom stereocenters. The van der Waals surface area contributed by atoms with Gasteiger partial charge in [-0.2, -0.15) is 5.10 Å². The summed E-state index contributed by atoms with van der Waals surface area (Å²) in [5.74, 6) is 1.47. The predicted octanol–water partition coefficient (Wildman–Crippen LogP) is 3.66. The highest BCUT2D eigenvalue weighted by Gasteiger charge is 2.30. The minimum absolute atomic E-state index is 0.0723. The summed E-state index contributed by atoms with van der Waals surface area (Å²) in [4.78, 5) is 22.4. The molecule has 3 heterocycles. The van der Waals surface area contributed by atoms with E-state index in [2.05, 4.69) is 31.5 Å². The van der Waals surface area contributed by atoms with E-state index in [0.29, 0.717) is 5.82 Å². The van der Waals surface area contributed by atoms with Crippen LogP contribution in [0.5, 0.6) is 0 Å². The molecule has 1 aromatic carbocycles. The number of anilines is 1. The van der Waals surface area contributed by atoms with Gasteiger partial charge in [-0.3, -0.25) is 5.10 Å². The van der Waals surface area contributed by atoms with Crippen LogP contribution in [0.25, 0.3) is 10.9 Å². The first-order valence-electron chi connectivity index (χ1n) is 8.66. The molecule has 0 radical (unpaired) electrons. The van der Waals surface area contributed by atoms with Crippen molar-refractivity contribution in [3.8, 4) is 0 Å². The topological polar surface area (TPSA) is 89.7 Å². The molecule has 7 heteroatoms. The maximum Gasteiger partial charge on any atom is 0.322 e. The fourth-order valence-corrected chi connectivity index (χ4v) is 3.50. The maximum atomic E-state index is 12.8. The van der Waals surface area contributed by atoms with Crippen LogP contribution >= 0.6 is 0 Å². The van der Waals surface area contributed by atoms with Gasteiger partial charge in [-0.15, -0.1) is 0 Å². The van der Waals surface area contributed by atoms with Crippen molar-refractivity contribution in [1.29, 1.82) is 0 Å². The summed E-state index contributed by atoms with van der Waals surface area (Å²) in [6.07, 6.45) is 2.97. The zero-order chi connectivity index (χ0) is 17.4. The van der Waals surface area contributed by atoms with Crippen molar-refractivity contribution in [2.75, 3.05) is 11.9 Å². The van der Waals surface area contributed by atoms with Gasteiger partial charge in [0.05, 0.1) is 6.04 Å². The normalized spacial score (nSPS) is 17.8. The summed E-state index contributed by atoms with van der Waals surface area (Å²) in [5.41, 5.74) is 2.98. The van der Waals surface area contributed by atoms with E-state index >= 15 is 0 Å². The van der Waals surface area contributed by atoms with Crippen LogP contribution in [-0.2, 0) is 0 Å². The lowest BCUT2D eigenvalue weighted by atomic mass is 10.0. The Labute approximate surface area is 145 Å². The van der Waals surface area contributed by atoms with Crippen LogP contribution in [-0.4, -0.2) is 37.6 Å². The number of rotatable bonds is 2. The average molecular weight is 338 g/mol. The molecule has 0 bridgehead atoms. The fourth-order valence-electron chi connectivity index (χ4n) is 3.50. The number of hydrogen-bond donors (Lipinski definition) is 3. The van der Waals surface area contributed by atoms with Gasteiger partial charge in [0, 0.05) is 28.8 Å². The van der Waals surface area contributed by atoms with Crippen molar-refractivity contribution >= 4 is 22.6 Å². The number of carbonyl (C=O) groups excluding carboxylic acids is 1. The van der Waals surface area contributed by atoms with Gasteiger partial charge in [0.2, 0.25) is 0 Å². The van der Waals surface area contributed by atoms with E-state index < -0.39 is 0 Å². The number of amides is 2. The number of likely N-dealkylation sites (tertiary alicyclic amines) is 1. The Hall–Kier alpha value is -2.83. The zero-order valence-corrected chi connectivity index (χ0v) is 14.5. The van der Waals surface area contributed by atoms with Gasteiger partial charge in [-0.05, 0) is 57.4 Å². The second-order valence-corrected chi connectivity index (χ2v) is 6.67. The van der Waals surface area contributed by atoms with Crippen LogP contribution < -0.4 is 5.32 Å². The summed E-state index contributed by atoms with van der Waals surface area (Å²) < 4.78 is 0. The number of H-pyrrole nitrogens is 2. The van der Waals surface area contributed by atoms with Gasteiger partial charge >= 0.3 is 6.03 Å².